The lowest BCUT2D eigenvalue weighted by Crippen LogP contribution is -2.50. The highest BCUT2D eigenvalue weighted by Gasteiger charge is 2.27. The first kappa shape index (κ1) is 23.5. The number of rotatable bonds is 8. The van der Waals surface area contributed by atoms with E-state index in [4.69, 9.17) is 4.74 Å². The molecular formula is C25H34N2O3. The van der Waals surface area contributed by atoms with Gasteiger partial charge in [0.1, 0.15) is 11.8 Å². The molecule has 0 spiro atoms. The predicted molar refractivity (Wildman–Crippen MR) is 120 cm³/mol. The summed E-state index contributed by atoms with van der Waals surface area (Å²) in [5.41, 5.74) is 1.90. The van der Waals surface area contributed by atoms with Crippen molar-refractivity contribution < 1.29 is 14.3 Å². The fourth-order valence-electron chi connectivity index (χ4n) is 3.20. The number of hydrogen-bond acceptors (Lipinski definition) is 3. The first-order chi connectivity index (χ1) is 14.1. The summed E-state index contributed by atoms with van der Waals surface area (Å²) >= 11 is 0. The molecule has 1 atom stereocenters. The summed E-state index contributed by atoms with van der Waals surface area (Å²) in [6, 6.07) is 16.8. The number of nitrogens with one attached hydrogen (secondary N) is 1. The molecule has 0 aliphatic rings. The number of benzene rings is 2. The Kier molecular flexibility index (Phi) is 8.04. The molecule has 0 unspecified atom stereocenters. The number of hydrogen-bond donors (Lipinski definition) is 1. The molecule has 0 aliphatic heterocycles. The first-order valence-corrected chi connectivity index (χ1v) is 10.5. The summed E-state index contributed by atoms with van der Waals surface area (Å²) in [7, 11) is 0. The molecule has 30 heavy (non-hydrogen) atoms. The monoisotopic (exact) mass is 410 g/mol. The maximum Gasteiger partial charge on any atom is 0.261 e. The van der Waals surface area contributed by atoms with Crippen molar-refractivity contribution in [3.63, 3.8) is 0 Å². The second kappa shape index (κ2) is 10.3. The van der Waals surface area contributed by atoms with Crippen molar-refractivity contribution >= 4 is 11.8 Å². The summed E-state index contributed by atoms with van der Waals surface area (Å²) in [6.45, 7) is 12.1. The van der Waals surface area contributed by atoms with Crippen LogP contribution in [0, 0.1) is 0 Å². The summed E-state index contributed by atoms with van der Waals surface area (Å²) in [5.74, 6) is 0.288. The minimum atomic E-state index is -0.610. The highest BCUT2D eigenvalue weighted by atomic mass is 16.5. The molecule has 0 aliphatic carbocycles. The second-order valence-corrected chi connectivity index (χ2v) is 8.88. The van der Waals surface area contributed by atoms with Gasteiger partial charge in [-0.2, -0.15) is 0 Å². The summed E-state index contributed by atoms with van der Waals surface area (Å²) < 4.78 is 5.93. The molecule has 162 valence electrons. The van der Waals surface area contributed by atoms with E-state index in [1.54, 1.807) is 11.8 Å². The number of para-hydroxylation sites is 1. The zero-order chi connectivity index (χ0) is 22.3. The Morgan fingerprint density at radius 3 is 2.17 bits per heavy atom. The Bertz CT molecular complexity index is 841. The average Bonchev–Trinajstić information content (AvgIpc) is 2.69. The van der Waals surface area contributed by atoms with E-state index in [-0.39, 0.29) is 29.9 Å². The van der Waals surface area contributed by atoms with E-state index in [9.17, 15) is 9.59 Å². The molecule has 0 aromatic heterocycles. The Morgan fingerprint density at radius 2 is 1.57 bits per heavy atom. The van der Waals surface area contributed by atoms with E-state index < -0.39 is 6.04 Å². The number of carbonyl (C=O) groups excluding carboxylic acids is 2. The quantitative estimate of drug-likeness (QED) is 0.706. The third kappa shape index (κ3) is 6.61. The van der Waals surface area contributed by atoms with Crippen LogP contribution in [0.25, 0.3) is 0 Å². The van der Waals surface area contributed by atoms with Gasteiger partial charge in [-0.25, -0.2) is 0 Å². The Balaban J connectivity index is 2.19. The average molecular weight is 411 g/mol. The van der Waals surface area contributed by atoms with Crippen molar-refractivity contribution in [3.8, 4) is 5.75 Å². The number of ether oxygens (including phenoxy) is 1. The van der Waals surface area contributed by atoms with Gasteiger partial charge in [-0.05, 0) is 43.4 Å². The largest absolute Gasteiger partial charge is 0.483 e. The van der Waals surface area contributed by atoms with Crippen LogP contribution in [-0.4, -0.2) is 35.4 Å². The molecule has 0 saturated carbocycles. The van der Waals surface area contributed by atoms with E-state index in [2.05, 4.69) is 26.1 Å². The minimum absolute atomic E-state index is 0.00328. The van der Waals surface area contributed by atoms with Crippen molar-refractivity contribution in [1.82, 2.24) is 10.2 Å². The number of amides is 2. The van der Waals surface area contributed by atoms with Crippen LogP contribution in [0.4, 0.5) is 0 Å². The third-order valence-corrected chi connectivity index (χ3v) is 4.84. The van der Waals surface area contributed by atoms with Gasteiger partial charge in [-0.15, -0.1) is 0 Å². The Morgan fingerprint density at radius 1 is 0.967 bits per heavy atom. The topological polar surface area (TPSA) is 58.6 Å². The van der Waals surface area contributed by atoms with Crippen LogP contribution in [-0.2, 0) is 21.5 Å². The predicted octanol–water partition coefficient (Wildman–Crippen LogP) is 4.30. The van der Waals surface area contributed by atoms with E-state index in [1.165, 1.54) is 0 Å². The molecule has 0 saturated heterocycles. The van der Waals surface area contributed by atoms with Crippen LogP contribution in [0.3, 0.4) is 0 Å². The van der Waals surface area contributed by atoms with Gasteiger partial charge in [0.05, 0.1) is 0 Å². The number of nitrogens with zero attached hydrogens (tertiary/aromatic N) is 1. The molecule has 0 heterocycles. The second-order valence-electron chi connectivity index (χ2n) is 8.88. The van der Waals surface area contributed by atoms with Gasteiger partial charge in [0.2, 0.25) is 5.91 Å². The van der Waals surface area contributed by atoms with Crippen LogP contribution in [0.2, 0.25) is 0 Å². The maximum atomic E-state index is 13.1. The van der Waals surface area contributed by atoms with Crippen LogP contribution < -0.4 is 10.1 Å². The molecule has 5 nitrogen and oxygen atoms in total. The number of carbonyl (C=O) groups is 2. The van der Waals surface area contributed by atoms with E-state index in [0.29, 0.717) is 12.3 Å². The maximum absolute atomic E-state index is 13.1. The van der Waals surface area contributed by atoms with Gasteiger partial charge in [-0.1, -0.05) is 69.3 Å². The van der Waals surface area contributed by atoms with Gasteiger partial charge in [0.25, 0.3) is 5.91 Å². The van der Waals surface area contributed by atoms with Crippen LogP contribution in [0.1, 0.15) is 52.7 Å². The van der Waals surface area contributed by atoms with Crippen molar-refractivity contribution in [2.45, 2.75) is 65.6 Å². The molecule has 5 heteroatoms. The molecule has 0 bridgehead atoms. The van der Waals surface area contributed by atoms with Crippen molar-refractivity contribution in [1.29, 1.82) is 0 Å². The highest BCUT2D eigenvalue weighted by molar-refractivity contribution is 5.88. The fraction of sp³-hybridized carbons (Fsp3) is 0.440. The third-order valence-electron chi connectivity index (χ3n) is 4.84. The van der Waals surface area contributed by atoms with Gasteiger partial charge < -0.3 is 15.0 Å². The fourth-order valence-corrected chi connectivity index (χ4v) is 3.20. The zero-order valence-electron chi connectivity index (χ0n) is 18.9. The minimum Gasteiger partial charge on any atom is -0.483 e. The van der Waals surface area contributed by atoms with Crippen molar-refractivity contribution in [2.75, 3.05) is 6.61 Å². The molecule has 2 aromatic carbocycles. The van der Waals surface area contributed by atoms with E-state index in [0.717, 1.165) is 11.1 Å². The lowest BCUT2D eigenvalue weighted by Gasteiger charge is -2.30. The van der Waals surface area contributed by atoms with Crippen LogP contribution >= 0.6 is 0 Å². The normalized spacial score (nSPS) is 12.4. The smallest absolute Gasteiger partial charge is 0.261 e. The first-order valence-electron chi connectivity index (χ1n) is 10.5. The molecule has 0 fully saturated rings. The summed E-state index contributed by atoms with van der Waals surface area (Å²) in [5, 5.41) is 2.89. The molecule has 2 amide bonds. The van der Waals surface area contributed by atoms with Crippen molar-refractivity contribution in [3.05, 3.63) is 65.7 Å². The Labute approximate surface area is 180 Å². The highest BCUT2D eigenvalue weighted by Crippen LogP contribution is 2.31. The van der Waals surface area contributed by atoms with E-state index in [1.807, 2.05) is 68.4 Å². The lowest BCUT2D eigenvalue weighted by atomic mass is 9.86. The van der Waals surface area contributed by atoms with Crippen LogP contribution in [0.15, 0.2) is 54.6 Å². The zero-order valence-corrected chi connectivity index (χ0v) is 18.9. The summed E-state index contributed by atoms with van der Waals surface area (Å²) in [4.78, 5) is 27.3. The van der Waals surface area contributed by atoms with Crippen LogP contribution in [0.5, 0.6) is 5.75 Å². The van der Waals surface area contributed by atoms with Gasteiger partial charge >= 0.3 is 0 Å². The molecule has 0 radical (unpaired) electrons. The van der Waals surface area contributed by atoms with Gasteiger partial charge in [-0.3, -0.25) is 9.59 Å². The SMILES string of the molecule is CC(C)NC(=O)[C@H](C)N(Cc1ccccc1)C(=O)COc1ccccc1C(C)(C)C. The lowest BCUT2D eigenvalue weighted by molar-refractivity contribution is -0.142. The van der Waals surface area contributed by atoms with Crippen molar-refractivity contribution in [2.24, 2.45) is 0 Å². The Hall–Kier alpha value is -2.82. The molecular weight excluding hydrogens is 376 g/mol. The van der Waals surface area contributed by atoms with Gasteiger partial charge in [0.15, 0.2) is 6.61 Å². The summed E-state index contributed by atoms with van der Waals surface area (Å²) in [6.07, 6.45) is 0. The standard InChI is InChI=1S/C25H34N2O3/c1-18(2)26-24(29)19(3)27(16-20-12-8-7-9-13-20)23(28)17-30-22-15-11-10-14-21(22)25(4,5)6/h7-15,18-19H,16-17H2,1-6H3,(H,26,29)/t19-/m0/s1. The molecule has 2 aromatic rings. The van der Waals surface area contributed by atoms with Gasteiger partial charge in [0, 0.05) is 12.6 Å². The molecule has 1 N–H and O–H groups in total. The van der Waals surface area contributed by atoms with E-state index >= 15 is 0 Å². The molecule has 2 rings (SSSR count).